The predicted octanol–water partition coefficient (Wildman–Crippen LogP) is 1.23. The molecule has 1 N–H and O–H groups in total. The molecule has 0 aliphatic carbocycles. The van der Waals surface area contributed by atoms with Gasteiger partial charge < -0.3 is 19.6 Å². The molecular weight excluding hydrogens is 322 g/mol. The average molecular weight is 345 g/mol. The van der Waals surface area contributed by atoms with Gasteiger partial charge in [0.1, 0.15) is 6.54 Å². The molecular formula is C16H23N7O2. The van der Waals surface area contributed by atoms with E-state index in [1.165, 1.54) is 0 Å². The maximum Gasteiger partial charge on any atom is 0.317 e. The average Bonchev–Trinajstić information content (AvgIpc) is 3.10. The number of aromatic nitrogens is 4. The molecule has 1 aliphatic heterocycles. The molecule has 134 valence electrons. The number of piperidine rings is 1. The number of urea groups is 1. The van der Waals surface area contributed by atoms with Crippen LogP contribution in [0.1, 0.15) is 31.5 Å². The zero-order valence-corrected chi connectivity index (χ0v) is 14.6. The van der Waals surface area contributed by atoms with E-state index in [0.29, 0.717) is 30.6 Å². The molecule has 1 aliphatic rings. The third kappa shape index (κ3) is 4.43. The Bertz CT molecular complexity index is 691. The topological polar surface area (TPSA) is 100 Å². The van der Waals surface area contributed by atoms with Gasteiger partial charge in [-0.15, -0.1) is 0 Å². The normalized spacial score (nSPS) is 17.4. The van der Waals surface area contributed by atoms with Gasteiger partial charge >= 0.3 is 6.03 Å². The highest BCUT2D eigenvalue weighted by molar-refractivity contribution is 5.74. The molecule has 1 saturated heterocycles. The van der Waals surface area contributed by atoms with Crippen LogP contribution in [0.4, 0.5) is 10.7 Å². The Hall–Kier alpha value is -2.71. The van der Waals surface area contributed by atoms with E-state index < -0.39 is 0 Å². The van der Waals surface area contributed by atoms with Crippen LogP contribution < -0.4 is 10.2 Å². The van der Waals surface area contributed by atoms with E-state index in [1.807, 2.05) is 6.92 Å². The van der Waals surface area contributed by atoms with Gasteiger partial charge in [0.15, 0.2) is 5.82 Å². The van der Waals surface area contributed by atoms with E-state index >= 15 is 0 Å². The van der Waals surface area contributed by atoms with Crippen LogP contribution in [0.25, 0.3) is 0 Å². The van der Waals surface area contributed by atoms with Gasteiger partial charge in [0.25, 0.3) is 0 Å². The molecule has 25 heavy (non-hydrogen) atoms. The summed E-state index contributed by atoms with van der Waals surface area (Å²) in [7, 11) is 1.71. The lowest BCUT2D eigenvalue weighted by molar-refractivity contribution is 0.194. The van der Waals surface area contributed by atoms with E-state index in [4.69, 9.17) is 4.52 Å². The lowest BCUT2D eigenvalue weighted by atomic mass is 10.1. The highest BCUT2D eigenvalue weighted by atomic mass is 16.5. The Balaban J connectivity index is 1.53. The van der Waals surface area contributed by atoms with Crippen molar-refractivity contribution in [3.63, 3.8) is 0 Å². The van der Waals surface area contributed by atoms with Crippen LogP contribution in [-0.2, 0) is 13.0 Å². The number of amides is 2. The number of anilines is 1. The van der Waals surface area contributed by atoms with Gasteiger partial charge in [0, 0.05) is 45.0 Å². The van der Waals surface area contributed by atoms with Crippen molar-refractivity contribution in [1.29, 1.82) is 0 Å². The molecule has 1 unspecified atom stereocenters. The molecule has 2 aromatic heterocycles. The minimum atomic E-state index is -0.155. The molecule has 0 bridgehead atoms. The number of nitrogens with zero attached hydrogens (tertiary/aromatic N) is 6. The Morgan fingerprint density at radius 3 is 2.96 bits per heavy atom. The third-order valence-electron chi connectivity index (χ3n) is 4.13. The lowest BCUT2D eigenvalue weighted by Crippen LogP contribution is -2.51. The molecule has 0 saturated carbocycles. The van der Waals surface area contributed by atoms with Gasteiger partial charge in [0.05, 0.1) is 0 Å². The van der Waals surface area contributed by atoms with Crippen LogP contribution in [0.3, 0.4) is 0 Å². The largest absolute Gasteiger partial charge is 0.339 e. The Morgan fingerprint density at radius 2 is 2.24 bits per heavy atom. The van der Waals surface area contributed by atoms with E-state index in [2.05, 4.69) is 30.3 Å². The standard InChI is InChI=1S/C16H23N7O2/c1-3-13-20-14(25-21-13)11-22(2)16(24)19-12-6-4-9-23(10-12)15-17-7-5-8-18-15/h5,7-8,12H,3-4,6,9-11H2,1-2H3,(H,19,24). The van der Waals surface area contributed by atoms with E-state index in [9.17, 15) is 4.79 Å². The smallest absolute Gasteiger partial charge is 0.317 e. The SMILES string of the molecule is CCc1noc(CN(C)C(=O)NC2CCCN(c3ncccn3)C2)n1. The molecule has 1 fully saturated rings. The third-order valence-corrected chi connectivity index (χ3v) is 4.13. The van der Waals surface area contributed by atoms with Gasteiger partial charge in [-0.3, -0.25) is 0 Å². The first-order valence-corrected chi connectivity index (χ1v) is 8.50. The summed E-state index contributed by atoms with van der Waals surface area (Å²) < 4.78 is 5.13. The maximum absolute atomic E-state index is 12.4. The minimum absolute atomic E-state index is 0.0568. The second kappa shape index (κ2) is 7.91. The van der Waals surface area contributed by atoms with E-state index in [0.717, 1.165) is 19.4 Å². The Labute approximate surface area is 146 Å². The minimum Gasteiger partial charge on any atom is -0.339 e. The quantitative estimate of drug-likeness (QED) is 0.870. The van der Waals surface area contributed by atoms with Crippen LogP contribution in [0.2, 0.25) is 0 Å². The zero-order valence-electron chi connectivity index (χ0n) is 14.6. The highest BCUT2D eigenvalue weighted by Gasteiger charge is 2.24. The summed E-state index contributed by atoms with van der Waals surface area (Å²) in [5.41, 5.74) is 0. The number of carbonyl (C=O) groups excluding carboxylic acids is 1. The molecule has 0 spiro atoms. The van der Waals surface area contributed by atoms with Crippen molar-refractivity contribution in [2.45, 2.75) is 38.8 Å². The molecule has 9 nitrogen and oxygen atoms in total. The second-order valence-corrected chi connectivity index (χ2v) is 6.10. The molecule has 1 atom stereocenters. The molecule has 2 aromatic rings. The first kappa shape index (κ1) is 17.1. The van der Waals surface area contributed by atoms with Gasteiger partial charge in [-0.2, -0.15) is 4.98 Å². The first-order chi connectivity index (χ1) is 12.2. The molecule has 3 heterocycles. The van der Waals surface area contributed by atoms with Crippen LogP contribution in [0.5, 0.6) is 0 Å². The van der Waals surface area contributed by atoms with E-state index in [-0.39, 0.29) is 18.6 Å². The fraction of sp³-hybridized carbons (Fsp3) is 0.562. The fourth-order valence-corrected chi connectivity index (χ4v) is 2.79. The summed E-state index contributed by atoms with van der Waals surface area (Å²) in [5, 5.41) is 6.90. The number of carbonyl (C=O) groups is 1. The van der Waals surface area contributed by atoms with Gasteiger partial charge in [-0.25, -0.2) is 14.8 Å². The monoisotopic (exact) mass is 345 g/mol. The van der Waals surface area contributed by atoms with Gasteiger partial charge in [0.2, 0.25) is 11.8 Å². The summed E-state index contributed by atoms with van der Waals surface area (Å²) in [6.07, 6.45) is 6.08. The fourth-order valence-electron chi connectivity index (χ4n) is 2.79. The summed E-state index contributed by atoms with van der Waals surface area (Å²) in [6, 6.07) is 1.70. The van der Waals surface area contributed by atoms with Crippen molar-refractivity contribution in [2.75, 3.05) is 25.0 Å². The van der Waals surface area contributed by atoms with Crippen molar-refractivity contribution < 1.29 is 9.32 Å². The van der Waals surface area contributed by atoms with Gasteiger partial charge in [-0.05, 0) is 18.9 Å². The Morgan fingerprint density at radius 1 is 1.44 bits per heavy atom. The second-order valence-electron chi connectivity index (χ2n) is 6.10. The zero-order chi connectivity index (χ0) is 17.6. The summed E-state index contributed by atoms with van der Waals surface area (Å²) in [4.78, 5) is 28.8. The van der Waals surface area contributed by atoms with Crippen molar-refractivity contribution >= 4 is 12.0 Å². The predicted molar refractivity (Wildman–Crippen MR) is 90.9 cm³/mol. The number of hydrogen-bond acceptors (Lipinski definition) is 7. The van der Waals surface area contributed by atoms with E-state index in [1.54, 1.807) is 30.4 Å². The van der Waals surface area contributed by atoms with Crippen molar-refractivity contribution in [1.82, 2.24) is 30.3 Å². The molecule has 9 heteroatoms. The van der Waals surface area contributed by atoms with Crippen LogP contribution >= 0.6 is 0 Å². The van der Waals surface area contributed by atoms with Gasteiger partial charge in [-0.1, -0.05) is 12.1 Å². The summed E-state index contributed by atoms with van der Waals surface area (Å²) in [6.45, 7) is 3.84. The number of aryl methyl sites for hydroxylation is 1. The maximum atomic E-state index is 12.4. The number of nitrogens with one attached hydrogen (secondary N) is 1. The van der Waals surface area contributed by atoms with Crippen LogP contribution in [0, 0.1) is 0 Å². The Kier molecular flexibility index (Phi) is 5.42. The van der Waals surface area contributed by atoms with Crippen LogP contribution in [-0.4, -0.2) is 57.2 Å². The lowest BCUT2D eigenvalue weighted by Gasteiger charge is -2.33. The summed E-state index contributed by atoms with van der Waals surface area (Å²) >= 11 is 0. The number of hydrogen-bond donors (Lipinski definition) is 1. The first-order valence-electron chi connectivity index (χ1n) is 8.50. The number of rotatable bonds is 5. The highest BCUT2D eigenvalue weighted by Crippen LogP contribution is 2.15. The van der Waals surface area contributed by atoms with Crippen molar-refractivity contribution in [2.24, 2.45) is 0 Å². The molecule has 2 amide bonds. The van der Waals surface area contributed by atoms with Crippen molar-refractivity contribution in [3.05, 3.63) is 30.2 Å². The molecule has 3 rings (SSSR count). The molecule has 0 radical (unpaired) electrons. The molecule has 0 aromatic carbocycles. The van der Waals surface area contributed by atoms with Crippen molar-refractivity contribution in [3.8, 4) is 0 Å². The van der Waals surface area contributed by atoms with Crippen LogP contribution in [0.15, 0.2) is 23.0 Å². The summed E-state index contributed by atoms with van der Waals surface area (Å²) in [5.74, 6) is 1.79.